The molecule has 21 heavy (non-hydrogen) atoms. The van der Waals surface area contributed by atoms with Gasteiger partial charge in [0.15, 0.2) is 0 Å². The summed E-state index contributed by atoms with van der Waals surface area (Å²) in [6, 6.07) is 13.9. The van der Waals surface area contributed by atoms with Crippen LogP contribution in [0.25, 0.3) is 0 Å². The first-order valence-electron chi connectivity index (χ1n) is 7.79. The monoisotopic (exact) mass is 281 g/mol. The van der Waals surface area contributed by atoms with Gasteiger partial charge in [0.25, 0.3) is 0 Å². The largest absolute Gasteiger partial charge is 0.316 e. The zero-order chi connectivity index (χ0) is 15.4. The van der Waals surface area contributed by atoms with E-state index in [-0.39, 0.29) is 0 Å². The van der Waals surface area contributed by atoms with E-state index in [1.807, 2.05) is 0 Å². The number of hydrogen-bond acceptors (Lipinski definition) is 1. The summed E-state index contributed by atoms with van der Waals surface area (Å²) in [7, 11) is 2.07. The maximum Gasteiger partial charge on any atom is 0.0145 e. The Morgan fingerprint density at radius 3 is 2.10 bits per heavy atom. The molecular weight excluding hydrogens is 254 g/mol. The molecule has 0 aliphatic carbocycles. The molecule has 0 aliphatic rings. The van der Waals surface area contributed by atoms with E-state index in [9.17, 15) is 0 Å². The molecule has 112 valence electrons. The molecule has 2 aromatic carbocycles. The van der Waals surface area contributed by atoms with Crippen molar-refractivity contribution in [3.63, 3.8) is 0 Å². The predicted molar refractivity (Wildman–Crippen MR) is 92.1 cm³/mol. The van der Waals surface area contributed by atoms with Crippen molar-refractivity contribution in [1.29, 1.82) is 0 Å². The van der Waals surface area contributed by atoms with E-state index in [0.717, 1.165) is 12.8 Å². The lowest BCUT2D eigenvalue weighted by Crippen LogP contribution is -2.30. The van der Waals surface area contributed by atoms with Gasteiger partial charge in [-0.25, -0.2) is 0 Å². The summed E-state index contributed by atoms with van der Waals surface area (Å²) in [6.45, 7) is 8.79. The number of aryl methyl sites for hydroxylation is 4. The number of benzene rings is 2. The van der Waals surface area contributed by atoms with Crippen LogP contribution in [0.4, 0.5) is 0 Å². The number of rotatable bonds is 5. The van der Waals surface area contributed by atoms with Crippen molar-refractivity contribution in [3.8, 4) is 0 Å². The summed E-state index contributed by atoms with van der Waals surface area (Å²) in [5.74, 6) is 0. The van der Waals surface area contributed by atoms with E-state index in [1.54, 1.807) is 0 Å². The summed E-state index contributed by atoms with van der Waals surface area (Å²) in [5.41, 5.74) is 8.43. The Morgan fingerprint density at radius 2 is 1.52 bits per heavy atom. The summed E-state index contributed by atoms with van der Waals surface area (Å²) < 4.78 is 0. The Labute approximate surface area is 129 Å². The molecule has 1 unspecified atom stereocenters. The van der Waals surface area contributed by atoms with E-state index < -0.39 is 0 Å². The lowest BCUT2D eigenvalue weighted by molar-refractivity contribution is 0.554. The molecule has 1 atom stereocenters. The van der Waals surface area contributed by atoms with Crippen LogP contribution in [0, 0.1) is 27.7 Å². The number of hydrogen-bond donors (Lipinski definition) is 1. The van der Waals surface area contributed by atoms with Gasteiger partial charge >= 0.3 is 0 Å². The van der Waals surface area contributed by atoms with Gasteiger partial charge in [-0.05, 0) is 69.8 Å². The zero-order valence-electron chi connectivity index (χ0n) is 14.0. The molecule has 2 rings (SSSR count). The van der Waals surface area contributed by atoms with Gasteiger partial charge in [-0.3, -0.25) is 0 Å². The van der Waals surface area contributed by atoms with Gasteiger partial charge in [0.2, 0.25) is 0 Å². The van der Waals surface area contributed by atoms with E-state index in [1.165, 1.54) is 33.4 Å². The standard InChI is InChI=1S/C20H27N/c1-14-7-6-8-18(11-14)12-19(21-5)13-20-16(3)9-15(2)10-17(20)4/h6-11,19,21H,12-13H2,1-5H3. The molecule has 0 aliphatic heterocycles. The van der Waals surface area contributed by atoms with Gasteiger partial charge in [-0.15, -0.1) is 0 Å². The second-order valence-corrected chi connectivity index (χ2v) is 6.26. The minimum absolute atomic E-state index is 0.479. The molecule has 0 spiro atoms. The van der Waals surface area contributed by atoms with Crippen LogP contribution in [0.15, 0.2) is 36.4 Å². The Morgan fingerprint density at radius 1 is 0.857 bits per heavy atom. The van der Waals surface area contributed by atoms with Gasteiger partial charge in [0, 0.05) is 6.04 Å². The van der Waals surface area contributed by atoms with Gasteiger partial charge < -0.3 is 5.32 Å². The minimum Gasteiger partial charge on any atom is -0.316 e. The van der Waals surface area contributed by atoms with E-state index in [2.05, 4.69) is 76.5 Å². The Bertz CT molecular complexity index is 590. The second-order valence-electron chi connectivity index (χ2n) is 6.26. The van der Waals surface area contributed by atoms with Gasteiger partial charge in [0.1, 0.15) is 0 Å². The third-order valence-electron chi connectivity index (χ3n) is 4.26. The molecule has 0 fully saturated rings. The first kappa shape index (κ1) is 15.8. The molecule has 1 heteroatoms. The minimum atomic E-state index is 0.479. The highest BCUT2D eigenvalue weighted by molar-refractivity contribution is 5.38. The molecule has 0 radical (unpaired) electrons. The van der Waals surface area contributed by atoms with E-state index >= 15 is 0 Å². The van der Waals surface area contributed by atoms with Crippen LogP contribution in [0.2, 0.25) is 0 Å². The number of likely N-dealkylation sites (N-methyl/N-ethyl adjacent to an activating group) is 1. The Kier molecular flexibility index (Phi) is 5.19. The van der Waals surface area contributed by atoms with Crippen LogP contribution < -0.4 is 5.32 Å². The van der Waals surface area contributed by atoms with Crippen molar-refractivity contribution >= 4 is 0 Å². The van der Waals surface area contributed by atoms with Crippen LogP contribution in [-0.2, 0) is 12.8 Å². The summed E-state index contributed by atoms with van der Waals surface area (Å²) in [4.78, 5) is 0. The average Bonchev–Trinajstić information content (AvgIpc) is 2.41. The maximum absolute atomic E-state index is 3.49. The van der Waals surface area contributed by atoms with Crippen LogP contribution in [0.1, 0.15) is 33.4 Å². The summed E-state index contributed by atoms with van der Waals surface area (Å²) in [5, 5.41) is 3.49. The molecule has 0 aromatic heterocycles. The zero-order valence-corrected chi connectivity index (χ0v) is 14.0. The van der Waals surface area contributed by atoms with Crippen LogP contribution in [-0.4, -0.2) is 13.1 Å². The molecular formula is C20H27N. The highest BCUT2D eigenvalue weighted by Crippen LogP contribution is 2.19. The smallest absolute Gasteiger partial charge is 0.0145 e. The van der Waals surface area contributed by atoms with E-state index in [0.29, 0.717) is 6.04 Å². The van der Waals surface area contributed by atoms with Crippen LogP contribution in [0.5, 0.6) is 0 Å². The van der Waals surface area contributed by atoms with Gasteiger partial charge in [0.05, 0.1) is 0 Å². The van der Waals surface area contributed by atoms with Crippen molar-refractivity contribution in [2.75, 3.05) is 7.05 Å². The van der Waals surface area contributed by atoms with Crippen LogP contribution >= 0.6 is 0 Å². The van der Waals surface area contributed by atoms with Crippen molar-refractivity contribution in [1.82, 2.24) is 5.32 Å². The lowest BCUT2D eigenvalue weighted by Gasteiger charge is -2.20. The quantitative estimate of drug-likeness (QED) is 0.862. The normalized spacial score (nSPS) is 12.4. The molecule has 1 N–H and O–H groups in total. The first-order valence-corrected chi connectivity index (χ1v) is 7.79. The van der Waals surface area contributed by atoms with Crippen molar-refractivity contribution in [2.24, 2.45) is 0 Å². The third-order valence-corrected chi connectivity index (χ3v) is 4.26. The predicted octanol–water partition coefficient (Wildman–Crippen LogP) is 4.29. The highest BCUT2D eigenvalue weighted by Gasteiger charge is 2.12. The fourth-order valence-electron chi connectivity index (χ4n) is 3.18. The molecule has 0 bridgehead atoms. The summed E-state index contributed by atoms with van der Waals surface area (Å²) >= 11 is 0. The molecule has 0 saturated carbocycles. The van der Waals surface area contributed by atoms with Gasteiger partial charge in [-0.1, -0.05) is 47.5 Å². The topological polar surface area (TPSA) is 12.0 Å². The highest BCUT2D eigenvalue weighted by atomic mass is 14.9. The first-order chi connectivity index (χ1) is 9.99. The van der Waals surface area contributed by atoms with Crippen molar-refractivity contribution in [2.45, 2.75) is 46.6 Å². The maximum atomic E-state index is 3.49. The molecule has 0 amide bonds. The van der Waals surface area contributed by atoms with Crippen molar-refractivity contribution < 1.29 is 0 Å². The SMILES string of the molecule is CNC(Cc1cccc(C)c1)Cc1c(C)cc(C)cc1C. The molecule has 2 aromatic rings. The Hall–Kier alpha value is -1.60. The van der Waals surface area contributed by atoms with Crippen LogP contribution in [0.3, 0.4) is 0 Å². The summed E-state index contributed by atoms with van der Waals surface area (Å²) in [6.07, 6.45) is 2.16. The van der Waals surface area contributed by atoms with Crippen molar-refractivity contribution in [3.05, 3.63) is 69.8 Å². The van der Waals surface area contributed by atoms with E-state index in [4.69, 9.17) is 0 Å². The number of nitrogens with one attached hydrogen (secondary N) is 1. The Balaban J connectivity index is 2.16. The fourth-order valence-corrected chi connectivity index (χ4v) is 3.18. The molecule has 1 nitrogen and oxygen atoms in total. The van der Waals surface area contributed by atoms with Gasteiger partial charge in [-0.2, -0.15) is 0 Å². The average molecular weight is 281 g/mol. The lowest BCUT2D eigenvalue weighted by atomic mass is 9.92. The molecule has 0 saturated heterocycles. The fraction of sp³-hybridized carbons (Fsp3) is 0.400. The third kappa shape index (κ3) is 4.18. The molecule has 0 heterocycles. The second kappa shape index (κ2) is 6.91.